The minimum Gasteiger partial charge on any atom is -0.495 e. The maximum Gasteiger partial charge on any atom is 0.263 e. The predicted molar refractivity (Wildman–Crippen MR) is 136 cm³/mol. The summed E-state index contributed by atoms with van der Waals surface area (Å²) in [5, 5.41) is 3.02. The lowest BCUT2D eigenvalue weighted by molar-refractivity contribution is 0.102. The van der Waals surface area contributed by atoms with Gasteiger partial charge in [-0.3, -0.25) is 9.52 Å². The van der Waals surface area contributed by atoms with Crippen molar-refractivity contribution < 1.29 is 22.7 Å². The lowest BCUT2D eigenvalue weighted by Gasteiger charge is -2.16. The fourth-order valence-electron chi connectivity index (χ4n) is 2.87. The van der Waals surface area contributed by atoms with Gasteiger partial charge in [0.15, 0.2) is 0 Å². The Morgan fingerprint density at radius 2 is 1.38 bits per heavy atom. The third kappa shape index (κ3) is 5.94. The molecule has 0 aliphatic rings. The molecule has 7 nitrogen and oxygen atoms in total. The van der Waals surface area contributed by atoms with Crippen LogP contribution in [0.4, 0.5) is 11.4 Å². The number of benzene rings is 3. The standard InChI is InChI=1S/C21H15Cl5N2O5S/c1-32-18-9-19(33-2)17(8-15(18)25)28-34(30,31)20-6-13(14(24)7-16(20)26)21(29)27-12-4-10(22)3-11(23)5-12/h3-9,28H,1-2H3,(H,27,29). The Kier molecular flexibility index (Phi) is 8.34. The molecule has 0 saturated carbocycles. The number of hydrogen-bond donors (Lipinski definition) is 2. The van der Waals surface area contributed by atoms with E-state index in [9.17, 15) is 13.2 Å². The molecule has 0 unspecified atom stereocenters. The Bertz CT molecular complexity index is 1360. The summed E-state index contributed by atoms with van der Waals surface area (Å²) in [6, 6.07) is 9.35. The van der Waals surface area contributed by atoms with Crippen molar-refractivity contribution in [2.24, 2.45) is 0 Å². The zero-order chi connectivity index (χ0) is 25.2. The van der Waals surface area contributed by atoms with E-state index >= 15 is 0 Å². The quantitative estimate of drug-likeness (QED) is 0.311. The van der Waals surface area contributed by atoms with Crippen molar-refractivity contribution in [1.29, 1.82) is 0 Å². The van der Waals surface area contributed by atoms with E-state index in [0.29, 0.717) is 10.0 Å². The number of methoxy groups -OCH3 is 2. The molecule has 0 heterocycles. The van der Waals surface area contributed by atoms with E-state index in [0.717, 1.165) is 12.1 Å². The van der Waals surface area contributed by atoms with Gasteiger partial charge in [-0.2, -0.15) is 0 Å². The monoisotopic (exact) mass is 582 g/mol. The summed E-state index contributed by atoms with van der Waals surface area (Å²) in [6.45, 7) is 0. The highest BCUT2D eigenvalue weighted by atomic mass is 35.5. The minimum absolute atomic E-state index is 0.0267. The van der Waals surface area contributed by atoms with Crippen molar-refractivity contribution in [3.05, 3.63) is 73.1 Å². The number of ether oxygens (including phenoxy) is 2. The second-order valence-electron chi connectivity index (χ2n) is 6.67. The van der Waals surface area contributed by atoms with Gasteiger partial charge in [0.05, 0.1) is 40.5 Å². The minimum atomic E-state index is -4.31. The molecule has 0 spiro atoms. The maximum absolute atomic E-state index is 13.2. The molecule has 0 bridgehead atoms. The lowest BCUT2D eigenvalue weighted by atomic mass is 10.2. The summed E-state index contributed by atoms with van der Waals surface area (Å²) < 4.78 is 39.0. The average molecular weight is 585 g/mol. The van der Waals surface area contributed by atoms with Crippen LogP contribution in [-0.4, -0.2) is 28.5 Å². The molecule has 0 radical (unpaired) electrons. The predicted octanol–water partition coefficient (Wildman–Crippen LogP) is 7.02. The normalized spacial score (nSPS) is 11.1. The number of anilines is 2. The number of carbonyl (C=O) groups is 1. The van der Waals surface area contributed by atoms with E-state index in [1.807, 2.05) is 0 Å². The SMILES string of the molecule is COc1cc(OC)c(NS(=O)(=O)c2cc(C(=O)Nc3cc(Cl)cc(Cl)c3)c(Cl)cc2Cl)cc1Cl. The van der Waals surface area contributed by atoms with Crippen LogP contribution in [0, 0.1) is 0 Å². The van der Waals surface area contributed by atoms with Crippen LogP contribution in [0.5, 0.6) is 11.5 Å². The summed E-state index contributed by atoms with van der Waals surface area (Å²) in [5.41, 5.74) is 0.162. The van der Waals surface area contributed by atoms with Crippen LogP contribution >= 0.6 is 58.0 Å². The molecule has 3 aromatic rings. The van der Waals surface area contributed by atoms with E-state index < -0.39 is 20.8 Å². The highest BCUT2D eigenvalue weighted by Gasteiger charge is 2.25. The fourth-order valence-corrected chi connectivity index (χ4v) is 5.56. The van der Waals surface area contributed by atoms with E-state index in [1.54, 1.807) is 0 Å². The van der Waals surface area contributed by atoms with Crippen molar-refractivity contribution >= 4 is 85.3 Å². The Labute approximate surface area is 220 Å². The Morgan fingerprint density at radius 3 is 1.97 bits per heavy atom. The number of sulfonamides is 1. The molecule has 0 aliphatic carbocycles. The molecule has 3 rings (SSSR count). The third-order valence-electron chi connectivity index (χ3n) is 4.39. The van der Waals surface area contributed by atoms with Crippen LogP contribution in [0.15, 0.2) is 47.4 Å². The van der Waals surface area contributed by atoms with Crippen LogP contribution in [0.2, 0.25) is 25.1 Å². The summed E-state index contributed by atoms with van der Waals surface area (Å²) in [5.74, 6) is -0.279. The number of carbonyl (C=O) groups excluding carboxylic acids is 1. The van der Waals surface area contributed by atoms with Crippen LogP contribution in [-0.2, 0) is 10.0 Å². The highest BCUT2D eigenvalue weighted by Crippen LogP contribution is 2.38. The van der Waals surface area contributed by atoms with Crippen LogP contribution in [0.25, 0.3) is 0 Å². The maximum atomic E-state index is 13.2. The van der Waals surface area contributed by atoms with Crippen LogP contribution in [0.1, 0.15) is 10.4 Å². The van der Waals surface area contributed by atoms with Gasteiger partial charge in [-0.05, 0) is 36.4 Å². The molecule has 0 aromatic heterocycles. The fraction of sp³-hybridized carbons (Fsp3) is 0.0952. The number of nitrogens with one attached hydrogen (secondary N) is 2. The lowest BCUT2D eigenvalue weighted by Crippen LogP contribution is -2.17. The number of halogens is 5. The molecule has 2 N–H and O–H groups in total. The zero-order valence-electron chi connectivity index (χ0n) is 17.4. The highest BCUT2D eigenvalue weighted by molar-refractivity contribution is 7.92. The van der Waals surface area contributed by atoms with Crippen LogP contribution in [0.3, 0.4) is 0 Å². The van der Waals surface area contributed by atoms with Crippen molar-refractivity contribution in [3.8, 4) is 11.5 Å². The summed E-state index contributed by atoms with van der Waals surface area (Å²) >= 11 is 30.4. The number of amides is 1. The van der Waals surface area contributed by atoms with Gasteiger partial charge in [-0.25, -0.2) is 8.42 Å². The summed E-state index contributed by atoms with van der Waals surface area (Å²) in [4.78, 5) is 12.4. The van der Waals surface area contributed by atoms with Crippen molar-refractivity contribution in [2.45, 2.75) is 4.90 Å². The molecule has 180 valence electrons. The van der Waals surface area contributed by atoms with Crippen molar-refractivity contribution in [3.63, 3.8) is 0 Å². The Morgan fingerprint density at radius 1 is 0.765 bits per heavy atom. The van der Waals surface area contributed by atoms with Gasteiger partial charge in [-0.15, -0.1) is 0 Å². The first kappa shape index (κ1) is 26.5. The number of hydrogen-bond acceptors (Lipinski definition) is 5. The summed E-state index contributed by atoms with van der Waals surface area (Å²) in [6.07, 6.45) is 0. The largest absolute Gasteiger partial charge is 0.495 e. The summed E-state index contributed by atoms with van der Waals surface area (Å²) in [7, 11) is -1.56. The van der Waals surface area contributed by atoms with Gasteiger partial charge in [0, 0.05) is 21.8 Å². The molecule has 0 saturated heterocycles. The zero-order valence-corrected chi connectivity index (χ0v) is 22.0. The van der Waals surface area contributed by atoms with E-state index in [2.05, 4.69) is 10.0 Å². The van der Waals surface area contributed by atoms with Gasteiger partial charge >= 0.3 is 0 Å². The van der Waals surface area contributed by atoms with E-state index in [1.165, 1.54) is 44.6 Å². The molecule has 3 aromatic carbocycles. The Hall–Kier alpha value is -2.07. The second-order valence-corrected chi connectivity index (χ2v) is 10.4. The molecule has 0 atom stereocenters. The first-order valence-electron chi connectivity index (χ1n) is 9.16. The van der Waals surface area contributed by atoms with Gasteiger partial charge in [-0.1, -0.05) is 58.0 Å². The van der Waals surface area contributed by atoms with E-state index in [4.69, 9.17) is 67.5 Å². The van der Waals surface area contributed by atoms with Gasteiger partial charge in [0.25, 0.3) is 15.9 Å². The second kappa shape index (κ2) is 10.7. The van der Waals surface area contributed by atoms with Crippen LogP contribution < -0.4 is 19.5 Å². The van der Waals surface area contributed by atoms with Gasteiger partial charge < -0.3 is 14.8 Å². The van der Waals surface area contributed by atoms with Gasteiger partial charge in [0.2, 0.25) is 0 Å². The molecule has 0 fully saturated rings. The van der Waals surface area contributed by atoms with Crippen molar-refractivity contribution in [1.82, 2.24) is 0 Å². The number of rotatable bonds is 7. The first-order valence-corrected chi connectivity index (χ1v) is 12.5. The average Bonchev–Trinajstić information content (AvgIpc) is 2.72. The first-order chi connectivity index (χ1) is 15.9. The van der Waals surface area contributed by atoms with Gasteiger partial charge in [0.1, 0.15) is 16.4 Å². The molecular formula is C21H15Cl5N2O5S. The molecule has 0 aliphatic heterocycles. The van der Waals surface area contributed by atoms with Crippen molar-refractivity contribution in [2.75, 3.05) is 24.3 Å². The topological polar surface area (TPSA) is 93.7 Å². The molecule has 1 amide bonds. The third-order valence-corrected chi connectivity index (χ3v) is 7.27. The smallest absolute Gasteiger partial charge is 0.263 e. The molecule has 34 heavy (non-hydrogen) atoms. The van der Waals surface area contributed by atoms with E-state index in [-0.39, 0.29) is 43.5 Å². The Balaban J connectivity index is 1.99. The molecule has 13 heteroatoms. The molecular weight excluding hydrogens is 570 g/mol.